The van der Waals surface area contributed by atoms with Gasteiger partial charge in [0.1, 0.15) is 17.2 Å². The summed E-state index contributed by atoms with van der Waals surface area (Å²) in [5.74, 6) is 0.642. The van der Waals surface area contributed by atoms with E-state index < -0.39 is 0 Å². The van der Waals surface area contributed by atoms with Crippen LogP contribution < -0.4 is 10.5 Å². The van der Waals surface area contributed by atoms with Gasteiger partial charge in [-0.3, -0.25) is 9.20 Å². The Bertz CT molecular complexity index is 1610. The van der Waals surface area contributed by atoms with Crippen LogP contribution in [0.3, 0.4) is 0 Å². The first kappa shape index (κ1) is 16.5. The van der Waals surface area contributed by atoms with Crippen LogP contribution in [0.25, 0.3) is 33.8 Å². The van der Waals surface area contributed by atoms with Crippen LogP contribution in [0, 0.1) is 6.92 Å². The van der Waals surface area contributed by atoms with Gasteiger partial charge in [0.2, 0.25) is 0 Å². The van der Waals surface area contributed by atoms with Crippen molar-refractivity contribution in [1.29, 1.82) is 0 Å². The number of aryl methyl sites for hydroxylation is 1. The summed E-state index contributed by atoms with van der Waals surface area (Å²) in [6.45, 7) is 3.52. The Labute approximate surface area is 175 Å². The molecule has 1 N–H and O–H groups in total. The van der Waals surface area contributed by atoms with Gasteiger partial charge in [0.15, 0.2) is 5.65 Å². The lowest BCUT2D eigenvalue weighted by Gasteiger charge is -2.18. The summed E-state index contributed by atoms with van der Waals surface area (Å²) >= 11 is 0. The van der Waals surface area contributed by atoms with Gasteiger partial charge in [-0.05, 0) is 42.3 Å². The molecule has 7 rings (SSSR count). The molecular weight excluding hydrogens is 392 g/mol. The molecule has 1 aliphatic heterocycles. The predicted molar refractivity (Wildman–Crippen MR) is 116 cm³/mol. The van der Waals surface area contributed by atoms with Crippen LogP contribution >= 0.6 is 0 Å². The van der Waals surface area contributed by atoms with E-state index in [-0.39, 0.29) is 5.56 Å². The van der Waals surface area contributed by atoms with Crippen LogP contribution in [-0.2, 0) is 0 Å². The van der Waals surface area contributed by atoms with Crippen molar-refractivity contribution in [2.45, 2.75) is 6.92 Å². The zero-order chi connectivity index (χ0) is 20.7. The summed E-state index contributed by atoms with van der Waals surface area (Å²) in [6, 6.07) is 9.04. The highest BCUT2D eigenvalue weighted by molar-refractivity contribution is 6.09. The summed E-state index contributed by atoms with van der Waals surface area (Å²) in [4.78, 5) is 27.3. The number of fused-ring (bicyclic) bond motifs is 5. The summed E-state index contributed by atoms with van der Waals surface area (Å²) < 4.78 is 3.05. The van der Waals surface area contributed by atoms with E-state index >= 15 is 0 Å². The Morgan fingerprint density at radius 3 is 2.48 bits per heavy atom. The average Bonchev–Trinajstić information content (AvgIpc) is 3.45. The molecule has 9 heteroatoms. The molecule has 31 heavy (non-hydrogen) atoms. The number of nitrogens with zero attached hydrogens (tertiary/aromatic N) is 7. The molecule has 2 aliphatic rings. The highest BCUT2D eigenvalue weighted by Crippen LogP contribution is 2.46. The second-order valence-corrected chi connectivity index (χ2v) is 7.92. The number of aromatic nitrogens is 7. The minimum Gasteiger partial charge on any atom is -0.366 e. The number of rotatable bonds is 2. The number of nitrogens with one attached hydrogen (secondary N) is 1. The Kier molecular flexibility index (Phi) is 3.02. The summed E-state index contributed by atoms with van der Waals surface area (Å²) in [6.07, 6.45) is 5.98. The van der Waals surface area contributed by atoms with Gasteiger partial charge in [0.25, 0.3) is 5.56 Å². The molecule has 5 aromatic rings. The zero-order valence-corrected chi connectivity index (χ0v) is 16.6. The second kappa shape index (κ2) is 5.66. The highest BCUT2D eigenvalue weighted by atomic mass is 16.1. The molecule has 9 nitrogen and oxygen atoms in total. The van der Waals surface area contributed by atoms with E-state index in [2.05, 4.69) is 42.4 Å². The molecule has 0 fully saturated rings. The smallest absolute Gasteiger partial charge is 0.258 e. The van der Waals surface area contributed by atoms with Gasteiger partial charge < -0.3 is 9.88 Å². The van der Waals surface area contributed by atoms with Crippen molar-refractivity contribution in [3.8, 4) is 11.4 Å². The normalized spacial score (nSPS) is 14.9. The van der Waals surface area contributed by atoms with E-state index in [1.54, 1.807) is 10.5 Å². The largest absolute Gasteiger partial charge is 0.366 e. The fourth-order valence-electron chi connectivity index (χ4n) is 4.54. The van der Waals surface area contributed by atoms with Crippen molar-refractivity contribution in [1.82, 2.24) is 34.2 Å². The average molecular weight is 408 g/mol. The maximum atomic E-state index is 12.9. The molecule has 0 bridgehead atoms. The quantitative estimate of drug-likeness (QED) is 0.481. The SMILES string of the molecule is Cc1nc2ccc(-c3cc(=O)n4cc(N5CC6=C(C5)c5c[nH]cc56)ccc4n3)nn2n1. The standard InChI is InChI=1S/C22H16N8O/c1-12-24-21-5-3-18(27-30(21)26-12)19-6-22(31)29-9-13(2-4-20(29)25-19)28-10-16-14-7-23-8-15(14)17(16)11-28/h2-9,23H,10-11H2,1H3. The fourth-order valence-corrected chi connectivity index (χ4v) is 4.54. The molecule has 0 spiro atoms. The van der Waals surface area contributed by atoms with Crippen molar-refractivity contribution in [3.05, 3.63) is 76.2 Å². The first-order valence-electron chi connectivity index (χ1n) is 10.0. The number of anilines is 1. The third kappa shape index (κ3) is 2.28. The van der Waals surface area contributed by atoms with Gasteiger partial charge in [0, 0.05) is 48.9 Å². The lowest BCUT2D eigenvalue weighted by Crippen LogP contribution is -2.22. The molecular formula is C22H16N8O. The molecule has 0 saturated carbocycles. The van der Waals surface area contributed by atoms with E-state index in [1.807, 2.05) is 31.3 Å². The zero-order valence-electron chi connectivity index (χ0n) is 16.6. The van der Waals surface area contributed by atoms with Gasteiger partial charge in [-0.2, -0.15) is 0 Å². The van der Waals surface area contributed by atoms with Gasteiger partial charge in [0.05, 0.1) is 11.4 Å². The first-order valence-corrected chi connectivity index (χ1v) is 10.0. The van der Waals surface area contributed by atoms with Crippen molar-refractivity contribution >= 4 is 28.1 Å². The molecule has 0 radical (unpaired) electrons. The molecule has 5 aromatic heterocycles. The van der Waals surface area contributed by atoms with Crippen LogP contribution in [0.2, 0.25) is 0 Å². The van der Waals surface area contributed by atoms with E-state index in [0.29, 0.717) is 28.5 Å². The summed E-state index contributed by atoms with van der Waals surface area (Å²) in [5, 5.41) is 8.69. The Morgan fingerprint density at radius 2 is 1.68 bits per heavy atom. The minimum absolute atomic E-state index is 0.146. The number of pyridine rings is 1. The Hall–Kier alpha value is -4.27. The van der Waals surface area contributed by atoms with Gasteiger partial charge in [-0.1, -0.05) is 0 Å². The van der Waals surface area contributed by atoms with Crippen molar-refractivity contribution < 1.29 is 0 Å². The lowest BCUT2D eigenvalue weighted by atomic mass is 9.86. The minimum atomic E-state index is -0.146. The fraction of sp³-hybridized carbons (Fsp3) is 0.136. The molecule has 0 unspecified atom stereocenters. The van der Waals surface area contributed by atoms with E-state index in [9.17, 15) is 4.79 Å². The number of hydrogen-bond donors (Lipinski definition) is 1. The molecule has 150 valence electrons. The predicted octanol–water partition coefficient (Wildman–Crippen LogP) is 2.18. The van der Waals surface area contributed by atoms with Crippen molar-refractivity contribution in [3.63, 3.8) is 0 Å². The maximum absolute atomic E-state index is 12.9. The van der Waals surface area contributed by atoms with Crippen molar-refractivity contribution in [2.75, 3.05) is 18.0 Å². The molecule has 6 heterocycles. The lowest BCUT2D eigenvalue weighted by molar-refractivity contribution is 0.790. The van der Waals surface area contributed by atoms with E-state index in [4.69, 9.17) is 0 Å². The monoisotopic (exact) mass is 408 g/mol. The van der Waals surface area contributed by atoms with Gasteiger partial charge >= 0.3 is 0 Å². The second-order valence-electron chi connectivity index (χ2n) is 7.92. The molecule has 0 amide bonds. The maximum Gasteiger partial charge on any atom is 0.258 e. The number of H-pyrrole nitrogens is 1. The van der Waals surface area contributed by atoms with Crippen LogP contribution in [0.4, 0.5) is 5.69 Å². The highest BCUT2D eigenvalue weighted by Gasteiger charge is 2.34. The molecule has 0 atom stereocenters. The van der Waals surface area contributed by atoms with Crippen LogP contribution in [0.1, 0.15) is 17.0 Å². The topological polar surface area (TPSA) is 96.5 Å². The molecule has 1 aliphatic carbocycles. The third-order valence-corrected chi connectivity index (χ3v) is 6.04. The van der Waals surface area contributed by atoms with Crippen LogP contribution in [0.5, 0.6) is 0 Å². The van der Waals surface area contributed by atoms with Crippen LogP contribution in [-0.4, -0.2) is 47.3 Å². The van der Waals surface area contributed by atoms with Crippen molar-refractivity contribution in [2.24, 2.45) is 0 Å². The van der Waals surface area contributed by atoms with E-state index in [1.165, 1.54) is 33.0 Å². The van der Waals surface area contributed by atoms with Gasteiger partial charge in [-0.25, -0.2) is 9.97 Å². The summed E-state index contributed by atoms with van der Waals surface area (Å²) in [5.41, 5.74) is 8.59. The Morgan fingerprint density at radius 1 is 0.903 bits per heavy atom. The molecule has 0 aromatic carbocycles. The number of aromatic amines is 1. The Balaban J connectivity index is 1.25. The molecule has 0 saturated heterocycles. The first-order chi connectivity index (χ1) is 15.1. The van der Waals surface area contributed by atoms with E-state index in [0.717, 1.165) is 18.8 Å². The van der Waals surface area contributed by atoms with Crippen LogP contribution in [0.15, 0.2) is 53.7 Å². The third-order valence-electron chi connectivity index (χ3n) is 6.04. The van der Waals surface area contributed by atoms with Gasteiger partial charge in [-0.15, -0.1) is 14.8 Å². The summed E-state index contributed by atoms with van der Waals surface area (Å²) in [7, 11) is 0. The number of hydrogen-bond acceptors (Lipinski definition) is 6.